The summed E-state index contributed by atoms with van der Waals surface area (Å²) in [4.78, 5) is 2.46. The maximum Gasteiger partial charge on any atom is 0.00793 e. The van der Waals surface area contributed by atoms with E-state index in [-0.39, 0.29) is 0 Å². The van der Waals surface area contributed by atoms with Crippen molar-refractivity contribution in [2.45, 2.75) is 39.7 Å². The molecule has 0 radical (unpaired) electrons. The first-order valence-corrected chi connectivity index (χ1v) is 6.01. The average Bonchev–Trinajstić information content (AvgIpc) is 2.14. The normalized spacial score (nSPS) is 26.8. The van der Waals surface area contributed by atoms with Gasteiger partial charge >= 0.3 is 0 Å². The van der Waals surface area contributed by atoms with Crippen LogP contribution in [0.25, 0.3) is 0 Å². The van der Waals surface area contributed by atoms with Gasteiger partial charge in [0.25, 0.3) is 0 Å². The lowest BCUT2D eigenvalue weighted by atomic mass is 9.91. The molecule has 84 valence electrons. The van der Waals surface area contributed by atoms with Crippen molar-refractivity contribution in [2.24, 2.45) is 11.8 Å². The van der Waals surface area contributed by atoms with Crippen LogP contribution in [-0.2, 0) is 0 Å². The number of likely N-dealkylation sites (tertiary alicyclic amines) is 1. The third kappa shape index (κ3) is 3.97. The molecule has 1 heterocycles. The highest BCUT2D eigenvalue weighted by Crippen LogP contribution is 2.18. The molecular formula is C12H26N2. The molecule has 1 rings (SSSR count). The van der Waals surface area contributed by atoms with Crippen molar-refractivity contribution in [1.82, 2.24) is 10.2 Å². The molecule has 1 aliphatic heterocycles. The Morgan fingerprint density at radius 3 is 2.64 bits per heavy atom. The Balaban J connectivity index is 2.25. The summed E-state index contributed by atoms with van der Waals surface area (Å²) in [5, 5.41) is 3.65. The lowest BCUT2D eigenvalue weighted by molar-refractivity contribution is 0.177. The molecule has 0 aromatic carbocycles. The second-order valence-corrected chi connectivity index (χ2v) is 5.26. The van der Waals surface area contributed by atoms with Crippen LogP contribution in [0.1, 0.15) is 33.6 Å². The smallest absolute Gasteiger partial charge is 0.00793 e. The first-order valence-electron chi connectivity index (χ1n) is 6.01. The molecule has 0 aromatic rings. The van der Waals surface area contributed by atoms with Gasteiger partial charge in [-0.1, -0.05) is 13.8 Å². The fourth-order valence-electron chi connectivity index (χ4n) is 2.20. The zero-order valence-corrected chi connectivity index (χ0v) is 10.2. The van der Waals surface area contributed by atoms with Gasteiger partial charge in [0.2, 0.25) is 0 Å². The number of nitrogens with zero attached hydrogens (tertiary/aromatic N) is 1. The van der Waals surface area contributed by atoms with E-state index in [4.69, 9.17) is 0 Å². The zero-order chi connectivity index (χ0) is 10.6. The van der Waals surface area contributed by atoms with Crippen LogP contribution in [0.4, 0.5) is 0 Å². The second kappa shape index (κ2) is 5.72. The van der Waals surface area contributed by atoms with E-state index in [9.17, 15) is 0 Å². The Kier molecular flexibility index (Phi) is 4.90. The van der Waals surface area contributed by atoms with E-state index >= 15 is 0 Å². The van der Waals surface area contributed by atoms with Gasteiger partial charge < -0.3 is 10.2 Å². The Morgan fingerprint density at radius 2 is 2.07 bits per heavy atom. The number of hydrogen-bond donors (Lipinski definition) is 1. The maximum absolute atomic E-state index is 3.65. The summed E-state index contributed by atoms with van der Waals surface area (Å²) in [5.41, 5.74) is 0. The predicted octanol–water partition coefficient (Wildman–Crippen LogP) is 1.96. The Labute approximate surface area is 89.1 Å². The van der Waals surface area contributed by atoms with Crippen LogP contribution in [0.3, 0.4) is 0 Å². The standard InChI is InChI=1S/C12H26N2/c1-10(2)8-13-11(3)12-6-5-7-14(4)9-12/h10-13H,5-9H2,1-4H3. The van der Waals surface area contributed by atoms with Crippen LogP contribution >= 0.6 is 0 Å². The van der Waals surface area contributed by atoms with Gasteiger partial charge in [0, 0.05) is 12.6 Å². The van der Waals surface area contributed by atoms with E-state index in [0.29, 0.717) is 6.04 Å². The molecule has 2 unspecified atom stereocenters. The van der Waals surface area contributed by atoms with Crippen LogP contribution in [0.5, 0.6) is 0 Å². The first-order chi connectivity index (χ1) is 6.59. The fourth-order valence-corrected chi connectivity index (χ4v) is 2.20. The number of nitrogens with one attached hydrogen (secondary N) is 1. The molecule has 1 saturated heterocycles. The minimum atomic E-state index is 0.681. The van der Waals surface area contributed by atoms with Crippen molar-refractivity contribution >= 4 is 0 Å². The minimum Gasteiger partial charge on any atom is -0.314 e. The molecule has 1 fully saturated rings. The van der Waals surface area contributed by atoms with Gasteiger partial charge in [-0.25, -0.2) is 0 Å². The molecule has 0 bridgehead atoms. The van der Waals surface area contributed by atoms with Crippen molar-refractivity contribution in [3.8, 4) is 0 Å². The molecule has 0 spiro atoms. The SMILES string of the molecule is CC(C)CNC(C)C1CCCN(C)C1. The lowest BCUT2D eigenvalue weighted by Crippen LogP contribution is -2.43. The Bertz CT molecular complexity index is 156. The van der Waals surface area contributed by atoms with Crippen molar-refractivity contribution in [3.05, 3.63) is 0 Å². The predicted molar refractivity (Wildman–Crippen MR) is 62.5 cm³/mol. The van der Waals surface area contributed by atoms with E-state index in [1.54, 1.807) is 0 Å². The minimum absolute atomic E-state index is 0.681. The molecule has 2 atom stereocenters. The van der Waals surface area contributed by atoms with E-state index < -0.39 is 0 Å². The largest absolute Gasteiger partial charge is 0.314 e. The fraction of sp³-hybridized carbons (Fsp3) is 1.00. The molecule has 1 aliphatic rings. The number of hydrogen-bond acceptors (Lipinski definition) is 2. The van der Waals surface area contributed by atoms with E-state index in [1.807, 2.05) is 0 Å². The molecule has 2 heteroatoms. The quantitative estimate of drug-likeness (QED) is 0.743. The first kappa shape index (κ1) is 12.0. The third-order valence-corrected chi connectivity index (χ3v) is 3.22. The lowest BCUT2D eigenvalue weighted by Gasteiger charge is -2.34. The highest BCUT2D eigenvalue weighted by Gasteiger charge is 2.22. The molecule has 0 aliphatic carbocycles. The topological polar surface area (TPSA) is 15.3 Å². The van der Waals surface area contributed by atoms with E-state index in [1.165, 1.54) is 25.9 Å². The van der Waals surface area contributed by atoms with Crippen LogP contribution in [-0.4, -0.2) is 37.6 Å². The molecule has 0 aromatic heterocycles. The van der Waals surface area contributed by atoms with Gasteiger partial charge in [0.05, 0.1) is 0 Å². The van der Waals surface area contributed by atoms with Crippen molar-refractivity contribution in [1.29, 1.82) is 0 Å². The monoisotopic (exact) mass is 198 g/mol. The summed E-state index contributed by atoms with van der Waals surface area (Å²) < 4.78 is 0. The van der Waals surface area contributed by atoms with E-state index in [2.05, 4.69) is 38.0 Å². The van der Waals surface area contributed by atoms with Gasteiger partial charge in [0.15, 0.2) is 0 Å². The second-order valence-electron chi connectivity index (χ2n) is 5.26. The molecule has 0 saturated carbocycles. The van der Waals surface area contributed by atoms with Crippen LogP contribution in [0.15, 0.2) is 0 Å². The summed E-state index contributed by atoms with van der Waals surface area (Å²) >= 11 is 0. The van der Waals surface area contributed by atoms with Crippen molar-refractivity contribution in [2.75, 3.05) is 26.7 Å². The van der Waals surface area contributed by atoms with Gasteiger partial charge in [-0.2, -0.15) is 0 Å². The zero-order valence-electron chi connectivity index (χ0n) is 10.2. The van der Waals surface area contributed by atoms with Crippen molar-refractivity contribution in [3.63, 3.8) is 0 Å². The van der Waals surface area contributed by atoms with Crippen molar-refractivity contribution < 1.29 is 0 Å². The third-order valence-electron chi connectivity index (χ3n) is 3.22. The summed E-state index contributed by atoms with van der Waals surface area (Å²) in [6.45, 7) is 10.6. The summed E-state index contributed by atoms with van der Waals surface area (Å²) in [5.74, 6) is 1.62. The highest BCUT2D eigenvalue weighted by molar-refractivity contribution is 4.79. The molecular weight excluding hydrogens is 172 g/mol. The van der Waals surface area contributed by atoms with Gasteiger partial charge in [-0.3, -0.25) is 0 Å². The average molecular weight is 198 g/mol. The molecule has 14 heavy (non-hydrogen) atoms. The molecule has 0 amide bonds. The van der Waals surface area contributed by atoms with E-state index in [0.717, 1.165) is 18.4 Å². The summed E-state index contributed by atoms with van der Waals surface area (Å²) in [6.07, 6.45) is 2.77. The number of piperidine rings is 1. The maximum atomic E-state index is 3.65. The Morgan fingerprint density at radius 1 is 1.36 bits per heavy atom. The van der Waals surface area contributed by atoms with Crippen LogP contribution < -0.4 is 5.32 Å². The molecule has 2 nitrogen and oxygen atoms in total. The summed E-state index contributed by atoms with van der Waals surface area (Å²) in [7, 11) is 2.24. The van der Waals surface area contributed by atoms with Gasteiger partial charge in [-0.05, 0) is 51.7 Å². The molecule has 1 N–H and O–H groups in total. The van der Waals surface area contributed by atoms with Gasteiger partial charge in [0.1, 0.15) is 0 Å². The summed E-state index contributed by atoms with van der Waals surface area (Å²) in [6, 6.07) is 0.681. The van der Waals surface area contributed by atoms with Crippen LogP contribution in [0.2, 0.25) is 0 Å². The van der Waals surface area contributed by atoms with Gasteiger partial charge in [-0.15, -0.1) is 0 Å². The van der Waals surface area contributed by atoms with Crippen LogP contribution in [0, 0.1) is 11.8 Å². The Hall–Kier alpha value is -0.0800. The number of rotatable bonds is 4. The highest BCUT2D eigenvalue weighted by atomic mass is 15.1.